The van der Waals surface area contributed by atoms with E-state index in [9.17, 15) is 9.59 Å². The van der Waals surface area contributed by atoms with Crippen LogP contribution >= 0.6 is 0 Å². The zero-order valence-electron chi connectivity index (χ0n) is 13.3. The third kappa shape index (κ3) is 3.53. The Morgan fingerprint density at radius 3 is 2.79 bits per heavy atom. The van der Waals surface area contributed by atoms with Crippen LogP contribution in [-0.2, 0) is 9.59 Å². The predicted octanol–water partition coefficient (Wildman–Crippen LogP) is 2.70. The maximum absolute atomic E-state index is 12.4. The molecule has 1 fully saturated rings. The minimum absolute atomic E-state index is 0.0229. The first-order valence-electron chi connectivity index (χ1n) is 7.89. The number of oxazole rings is 1. The first-order valence-corrected chi connectivity index (χ1v) is 7.89. The molecular formula is C18H19N3O3. The minimum Gasteiger partial charge on any atom is -0.445 e. The lowest BCUT2D eigenvalue weighted by Crippen LogP contribution is -2.40. The van der Waals surface area contributed by atoms with Gasteiger partial charge in [0, 0.05) is 30.3 Å². The van der Waals surface area contributed by atoms with Gasteiger partial charge < -0.3 is 14.6 Å². The van der Waals surface area contributed by atoms with E-state index in [0.717, 1.165) is 5.56 Å². The van der Waals surface area contributed by atoms with E-state index in [4.69, 9.17) is 4.42 Å². The lowest BCUT2D eigenvalue weighted by atomic mass is 9.95. The van der Waals surface area contributed by atoms with Gasteiger partial charge in [0.05, 0.1) is 6.20 Å². The van der Waals surface area contributed by atoms with Crippen molar-refractivity contribution in [3.63, 3.8) is 0 Å². The number of amides is 2. The maximum Gasteiger partial charge on any atom is 0.245 e. The van der Waals surface area contributed by atoms with Crippen molar-refractivity contribution in [3.8, 4) is 11.5 Å². The molecule has 0 unspecified atom stereocenters. The third-order valence-electron chi connectivity index (χ3n) is 4.16. The van der Waals surface area contributed by atoms with Crippen molar-refractivity contribution >= 4 is 17.5 Å². The Bertz CT molecular complexity index is 732. The number of anilines is 1. The van der Waals surface area contributed by atoms with Crippen LogP contribution in [0, 0.1) is 5.92 Å². The van der Waals surface area contributed by atoms with Crippen molar-refractivity contribution in [2.75, 3.05) is 18.4 Å². The Morgan fingerprint density at radius 2 is 2.12 bits per heavy atom. The molecule has 0 saturated carbocycles. The summed E-state index contributed by atoms with van der Waals surface area (Å²) in [6, 6.07) is 7.39. The Balaban J connectivity index is 1.61. The fraction of sp³-hybridized carbons (Fsp3) is 0.278. The lowest BCUT2D eigenvalue weighted by Gasteiger charge is -2.30. The summed E-state index contributed by atoms with van der Waals surface area (Å²) in [4.78, 5) is 29.8. The van der Waals surface area contributed by atoms with E-state index < -0.39 is 0 Å². The van der Waals surface area contributed by atoms with E-state index in [0.29, 0.717) is 37.5 Å². The average Bonchev–Trinajstić information content (AvgIpc) is 3.16. The molecule has 1 aliphatic rings. The van der Waals surface area contributed by atoms with E-state index in [2.05, 4.69) is 16.9 Å². The summed E-state index contributed by atoms with van der Waals surface area (Å²) in [7, 11) is 0. The van der Waals surface area contributed by atoms with Gasteiger partial charge in [-0.2, -0.15) is 0 Å². The number of rotatable bonds is 4. The number of nitrogens with one attached hydrogen (secondary N) is 1. The highest BCUT2D eigenvalue weighted by atomic mass is 16.3. The fourth-order valence-electron chi connectivity index (χ4n) is 2.83. The molecule has 2 amide bonds. The van der Waals surface area contributed by atoms with Crippen LogP contribution in [0.25, 0.3) is 11.5 Å². The van der Waals surface area contributed by atoms with Crippen LogP contribution in [0.4, 0.5) is 5.69 Å². The van der Waals surface area contributed by atoms with Crippen LogP contribution in [0.5, 0.6) is 0 Å². The molecule has 2 aromatic rings. The SMILES string of the molecule is C=CC(=O)N1CCC(C(=O)Nc2cccc(-c3ncco3)c2)CC1. The normalized spacial score (nSPS) is 15.1. The van der Waals surface area contributed by atoms with E-state index in [-0.39, 0.29) is 17.7 Å². The quantitative estimate of drug-likeness (QED) is 0.877. The molecule has 0 atom stereocenters. The van der Waals surface area contributed by atoms with Crippen molar-refractivity contribution in [1.82, 2.24) is 9.88 Å². The number of aromatic nitrogens is 1. The molecule has 1 aliphatic heterocycles. The van der Waals surface area contributed by atoms with Gasteiger partial charge in [-0.3, -0.25) is 9.59 Å². The van der Waals surface area contributed by atoms with Crippen LogP contribution in [0.15, 0.2) is 53.8 Å². The number of carbonyl (C=O) groups excluding carboxylic acids is 2. The van der Waals surface area contributed by atoms with Gasteiger partial charge in [0.25, 0.3) is 0 Å². The number of benzene rings is 1. The summed E-state index contributed by atoms with van der Waals surface area (Å²) in [5, 5.41) is 2.94. The zero-order valence-corrected chi connectivity index (χ0v) is 13.3. The van der Waals surface area contributed by atoms with Gasteiger partial charge in [-0.1, -0.05) is 12.6 Å². The highest BCUT2D eigenvalue weighted by molar-refractivity contribution is 5.93. The average molecular weight is 325 g/mol. The smallest absolute Gasteiger partial charge is 0.245 e. The van der Waals surface area contributed by atoms with E-state index in [1.54, 1.807) is 11.1 Å². The van der Waals surface area contributed by atoms with E-state index in [1.165, 1.54) is 12.3 Å². The van der Waals surface area contributed by atoms with Gasteiger partial charge in [-0.05, 0) is 37.1 Å². The molecule has 1 aromatic heterocycles. The number of nitrogens with zero attached hydrogens (tertiary/aromatic N) is 2. The maximum atomic E-state index is 12.4. The molecule has 2 heterocycles. The molecule has 6 heteroatoms. The predicted molar refractivity (Wildman–Crippen MR) is 90.1 cm³/mol. The Morgan fingerprint density at radius 1 is 1.33 bits per heavy atom. The van der Waals surface area contributed by atoms with Gasteiger partial charge in [0.1, 0.15) is 6.26 Å². The lowest BCUT2D eigenvalue weighted by molar-refractivity contribution is -0.130. The molecule has 0 radical (unpaired) electrons. The topological polar surface area (TPSA) is 75.4 Å². The van der Waals surface area contributed by atoms with Crippen LogP contribution in [-0.4, -0.2) is 34.8 Å². The second kappa shape index (κ2) is 7.12. The standard InChI is InChI=1S/C18H19N3O3/c1-2-16(22)21-9-6-13(7-10-21)17(23)20-15-5-3-4-14(12-15)18-19-8-11-24-18/h2-5,8,11-13H,1,6-7,9-10H2,(H,20,23). The largest absolute Gasteiger partial charge is 0.445 e. The summed E-state index contributed by atoms with van der Waals surface area (Å²) < 4.78 is 5.27. The summed E-state index contributed by atoms with van der Waals surface area (Å²) >= 11 is 0. The monoisotopic (exact) mass is 325 g/mol. The molecule has 3 rings (SSSR count). The van der Waals surface area contributed by atoms with Crippen molar-refractivity contribution in [2.24, 2.45) is 5.92 Å². The number of hydrogen-bond acceptors (Lipinski definition) is 4. The number of piperidine rings is 1. The van der Waals surface area contributed by atoms with Crippen LogP contribution < -0.4 is 5.32 Å². The summed E-state index contributed by atoms with van der Waals surface area (Å²) in [5.41, 5.74) is 1.52. The van der Waals surface area contributed by atoms with Gasteiger partial charge in [-0.15, -0.1) is 0 Å². The van der Waals surface area contributed by atoms with Gasteiger partial charge in [0.15, 0.2) is 0 Å². The minimum atomic E-state index is -0.0933. The molecule has 1 saturated heterocycles. The Hall–Kier alpha value is -2.89. The second-order valence-corrected chi connectivity index (χ2v) is 5.71. The zero-order chi connectivity index (χ0) is 16.9. The number of hydrogen-bond donors (Lipinski definition) is 1. The van der Waals surface area contributed by atoms with Gasteiger partial charge >= 0.3 is 0 Å². The highest BCUT2D eigenvalue weighted by Crippen LogP contribution is 2.23. The van der Waals surface area contributed by atoms with Crippen molar-refractivity contribution < 1.29 is 14.0 Å². The van der Waals surface area contributed by atoms with Crippen molar-refractivity contribution in [1.29, 1.82) is 0 Å². The molecule has 1 N–H and O–H groups in total. The van der Waals surface area contributed by atoms with Crippen LogP contribution in [0.2, 0.25) is 0 Å². The molecule has 0 bridgehead atoms. The molecular weight excluding hydrogens is 306 g/mol. The highest BCUT2D eigenvalue weighted by Gasteiger charge is 2.26. The first-order chi connectivity index (χ1) is 11.7. The molecule has 0 spiro atoms. The summed E-state index contributed by atoms with van der Waals surface area (Å²) in [6.07, 6.45) is 5.72. The molecule has 124 valence electrons. The molecule has 0 aliphatic carbocycles. The second-order valence-electron chi connectivity index (χ2n) is 5.71. The third-order valence-corrected chi connectivity index (χ3v) is 4.16. The molecule has 6 nitrogen and oxygen atoms in total. The number of carbonyl (C=O) groups is 2. The van der Waals surface area contributed by atoms with E-state index >= 15 is 0 Å². The fourth-order valence-corrected chi connectivity index (χ4v) is 2.83. The Labute approximate surface area is 140 Å². The Kier molecular flexibility index (Phi) is 4.74. The van der Waals surface area contributed by atoms with Crippen LogP contribution in [0.3, 0.4) is 0 Å². The molecule has 24 heavy (non-hydrogen) atoms. The van der Waals surface area contributed by atoms with E-state index in [1.807, 2.05) is 24.3 Å². The number of likely N-dealkylation sites (tertiary alicyclic amines) is 1. The van der Waals surface area contributed by atoms with Gasteiger partial charge in [-0.25, -0.2) is 4.98 Å². The van der Waals surface area contributed by atoms with Crippen LogP contribution in [0.1, 0.15) is 12.8 Å². The van der Waals surface area contributed by atoms with Gasteiger partial charge in [0.2, 0.25) is 17.7 Å². The van der Waals surface area contributed by atoms with Crippen molar-refractivity contribution in [3.05, 3.63) is 49.4 Å². The summed E-state index contributed by atoms with van der Waals surface area (Å²) in [5.74, 6) is 0.323. The first kappa shape index (κ1) is 16.0. The van der Waals surface area contributed by atoms with Crippen molar-refractivity contribution in [2.45, 2.75) is 12.8 Å². The molecule has 1 aromatic carbocycles. The summed E-state index contributed by atoms with van der Waals surface area (Å²) in [6.45, 7) is 4.66.